The van der Waals surface area contributed by atoms with Crippen LogP contribution in [0.4, 0.5) is 0 Å². The Bertz CT molecular complexity index is 800. The summed E-state index contributed by atoms with van der Waals surface area (Å²) in [6, 6.07) is 16.5. The maximum absolute atomic E-state index is 12.8. The molecule has 6 heteroatoms. The lowest BCUT2D eigenvalue weighted by Gasteiger charge is -2.21. The first-order chi connectivity index (χ1) is 12.1. The Morgan fingerprint density at radius 3 is 2.32 bits per heavy atom. The molecular weight excluding hydrogens is 318 g/mol. The normalized spacial score (nSPS) is 18.4. The molecule has 1 heterocycles. The second kappa shape index (κ2) is 7.17. The molecule has 2 aromatic rings. The summed E-state index contributed by atoms with van der Waals surface area (Å²) in [7, 11) is 1.43. The van der Waals surface area contributed by atoms with Gasteiger partial charge in [-0.15, -0.1) is 0 Å². The van der Waals surface area contributed by atoms with Gasteiger partial charge in [-0.3, -0.25) is 9.59 Å². The molecule has 6 nitrogen and oxygen atoms in total. The van der Waals surface area contributed by atoms with Gasteiger partial charge in [0.1, 0.15) is 13.2 Å². The number of nitrogens with zero attached hydrogens (tertiary/aromatic N) is 2. The summed E-state index contributed by atoms with van der Waals surface area (Å²) in [5.74, 6) is -0.791. The van der Waals surface area contributed by atoms with E-state index in [9.17, 15) is 9.59 Å². The van der Waals surface area contributed by atoms with Crippen molar-refractivity contribution in [2.75, 3.05) is 13.7 Å². The molecule has 1 aliphatic rings. The van der Waals surface area contributed by atoms with Crippen LogP contribution in [-0.2, 0) is 9.63 Å². The third kappa shape index (κ3) is 3.52. The van der Waals surface area contributed by atoms with E-state index in [4.69, 9.17) is 10.6 Å². The van der Waals surface area contributed by atoms with E-state index in [1.165, 1.54) is 12.0 Å². The van der Waals surface area contributed by atoms with E-state index in [1.807, 2.05) is 42.5 Å². The second-order valence-electron chi connectivity index (χ2n) is 5.84. The zero-order valence-electron chi connectivity index (χ0n) is 13.9. The summed E-state index contributed by atoms with van der Waals surface area (Å²) in [5.41, 5.74) is 8.66. The van der Waals surface area contributed by atoms with Gasteiger partial charge in [-0.2, -0.15) is 0 Å². The van der Waals surface area contributed by atoms with E-state index in [0.717, 1.165) is 11.1 Å². The van der Waals surface area contributed by atoms with Gasteiger partial charge in [0.2, 0.25) is 5.91 Å². The van der Waals surface area contributed by atoms with E-state index in [2.05, 4.69) is 5.16 Å². The topological polar surface area (TPSA) is 85.0 Å². The number of carbonyl (C=O) groups excluding carboxylic acids is 2. The minimum absolute atomic E-state index is 0.237. The number of primary amides is 1. The summed E-state index contributed by atoms with van der Waals surface area (Å²) in [6.07, 6.45) is 0.303. The molecule has 0 aromatic heterocycles. The second-order valence-corrected chi connectivity index (χ2v) is 5.84. The van der Waals surface area contributed by atoms with E-state index in [-0.39, 0.29) is 12.5 Å². The van der Waals surface area contributed by atoms with Crippen LogP contribution in [0, 0.1) is 0 Å². The summed E-state index contributed by atoms with van der Waals surface area (Å²) in [4.78, 5) is 30.6. The van der Waals surface area contributed by atoms with Gasteiger partial charge in [0.05, 0.1) is 12.3 Å². The van der Waals surface area contributed by atoms with Crippen molar-refractivity contribution in [3.05, 3.63) is 60.2 Å². The van der Waals surface area contributed by atoms with E-state index in [1.54, 1.807) is 12.1 Å². The summed E-state index contributed by atoms with van der Waals surface area (Å²) < 4.78 is 0. The van der Waals surface area contributed by atoms with Crippen molar-refractivity contribution in [1.82, 2.24) is 4.90 Å². The molecule has 2 N–H and O–H groups in total. The largest absolute Gasteiger partial charge is 0.399 e. The molecule has 1 atom stereocenters. The first-order valence-electron chi connectivity index (χ1n) is 7.95. The Hall–Kier alpha value is -3.15. The Balaban J connectivity index is 1.82. The van der Waals surface area contributed by atoms with Gasteiger partial charge in [-0.1, -0.05) is 47.6 Å². The molecule has 3 rings (SSSR count). The quantitative estimate of drug-likeness (QED) is 0.867. The van der Waals surface area contributed by atoms with Gasteiger partial charge in [0.15, 0.2) is 0 Å². The van der Waals surface area contributed by atoms with Crippen LogP contribution in [-0.4, -0.2) is 42.1 Å². The Morgan fingerprint density at radius 1 is 1.08 bits per heavy atom. The van der Waals surface area contributed by atoms with E-state index < -0.39 is 11.9 Å². The molecule has 128 valence electrons. The third-order valence-corrected chi connectivity index (χ3v) is 4.21. The van der Waals surface area contributed by atoms with Crippen molar-refractivity contribution in [2.24, 2.45) is 10.9 Å². The molecule has 2 amide bonds. The molecular formula is C19H19N3O3. The van der Waals surface area contributed by atoms with Crippen molar-refractivity contribution in [1.29, 1.82) is 0 Å². The molecule has 0 radical (unpaired) electrons. The SMILES string of the molecule is CO/N=C1\CC(C(N)=O)N(C(=O)c2ccc(-c3ccccc3)cc2)C1. The lowest BCUT2D eigenvalue weighted by Crippen LogP contribution is -2.43. The van der Waals surface area contributed by atoms with E-state index >= 15 is 0 Å². The summed E-state index contributed by atoms with van der Waals surface area (Å²) in [6.45, 7) is 0.237. The highest BCUT2D eigenvalue weighted by Gasteiger charge is 2.37. The lowest BCUT2D eigenvalue weighted by molar-refractivity contribution is -0.121. The maximum Gasteiger partial charge on any atom is 0.254 e. The van der Waals surface area contributed by atoms with Crippen molar-refractivity contribution in [2.45, 2.75) is 12.5 Å². The van der Waals surface area contributed by atoms with Gasteiger partial charge in [0.25, 0.3) is 5.91 Å². The van der Waals surface area contributed by atoms with Gasteiger partial charge in [0, 0.05) is 12.0 Å². The molecule has 0 bridgehead atoms. The van der Waals surface area contributed by atoms with Gasteiger partial charge in [-0.05, 0) is 23.3 Å². The smallest absolute Gasteiger partial charge is 0.254 e. The standard InChI is InChI=1S/C19H19N3O3/c1-25-21-16-11-17(18(20)23)22(12-16)19(24)15-9-7-14(8-10-15)13-5-3-2-4-6-13/h2-10,17H,11-12H2,1H3,(H2,20,23)/b21-16+. The number of amides is 2. The summed E-state index contributed by atoms with van der Waals surface area (Å²) in [5, 5.41) is 3.85. The van der Waals surface area contributed by atoms with Crippen molar-refractivity contribution in [3.63, 3.8) is 0 Å². The zero-order chi connectivity index (χ0) is 17.8. The zero-order valence-corrected chi connectivity index (χ0v) is 13.9. The fraction of sp³-hybridized carbons (Fsp3) is 0.211. The highest BCUT2D eigenvalue weighted by atomic mass is 16.6. The maximum atomic E-state index is 12.8. The van der Waals surface area contributed by atoms with Crippen LogP contribution in [0.2, 0.25) is 0 Å². The molecule has 1 aliphatic heterocycles. The van der Waals surface area contributed by atoms with E-state index in [0.29, 0.717) is 17.7 Å². The fourth-order valence-electron chi connectivity index (χ4n) is 2.97. The molecule has 0 saturated carbocycles. The molecule has 0 spiro atoms. The van der Waals surface area contributed by atoms with Crippen LogP contribution < -0.4 is 5.73 Å². The molecule has 1 unspecified atom stereocenters. The highest BCUT2D eigenvalue weighted by molar-refractivity contribution is 6.05. The number of hydrogen-bond acceptors (Lipinski definition) is 4. The molecule has 25 heavy (non-hydrogen) atoms. The van der Waals surface area contributed by atoms with Crippen LogP contribution in [0.15, 0.2) is 59.8 Å². The van der Waals surface area contributed by atoms with Crippen molar-refractivity contribution < 1.29 is 14.4 Å². The number of rotatable bonds is 4. The average molecular weight is 337 g/mol. The third-order valence-electron chi connectivity index (χ3n) is 4.21. The van der Waals surface area contributed by atoms with Gasteiger partial charge >= 0.3 is 0 Å². The first kappa shape index (κ1) is 16.7. The monoisotopic (exact) mass is 337 g/mol. The Kier molecular flexibility index (Phi) is 4.79. The summed E-state index contributed by atoms with van der Waals surface area (Å²) >= 11 is 0. The fourth-order valence-corrected chi connectivity index (χ4v) is 2.97. The van der Waals surface area contributed by atoms with Crippen molar-refractivity contribution in [3.8, 4) is 11.1 Å². The Morgan fingerprint density at radius 2 is 1.72 bits per heavy atom. The number of nitrogens with two attached hydrogens (primary N) is 1. The van der Waals surface area contributed by atoms with Gasteiger partial charge in [-0.25, -0.2) is 0 Å². The minimum atomic E-state index is -0.699. The first-order valence-corrected chi connectivity index (χ1v) is 7.95. The number of likely N-dealkylation sites (tertiary alicyclic amines) is 1. The van der Waals surface area contributed by atoms with Crippen LogP contribution in [0.3, 0.4) is 0 Å². The minimum Gasteiger partial charge on any atom is -0.399 e. The molecule has 1 saturated heterocycles. The lowest BCUT2D eigenvalue weighted by atomic mass is 10.0. The van der Waals surface area contributed by atoms with Gasteiger partial charge < -0.3 is 15.5 Å². The highest BCUT2D eigenvalue weighted by Crippen LogP contribution is 2.22. The predicted molar refractivity (Wildman–Crippen MR) is 95.0 cm³/mol. The molecule has 2 aromatic carbocycles. The predicted octanol–water partition coefficient (Wildman–Crippen LogP) is 2.06. The molecule has 1 fully saturated rings. The Labute approximate surface area is 145 Å². The van der Waals surface area contributed by atoms with Crippen LogP contribution >= 0.6 is 0 Å². The van der Waals surface area contributed by atoms with Crippen LogP contribution in [0.5, 0.6) is 0 Å². The number of carbonyl (C=O) groups is 2. The van der Waals surface area contributed by atoms with Crippen molar-refractivity contribution >= 4 is 17.5 Å². The molecule has 0 aliphatic carbocycles. The number of hydrogen-bond donors (Lipinski definition) is 1. The number of oxime groups is 1. The average Bonchev–Trinajstić information content (AvgIpc) is 3.07. The van der Waals surface area contributed by atoms with Crippen LogP contribution in [0.1, 0.15) is 16.8 Å². The number of benzene rings is 2. The van der Waals surface area contributed by atoms with Crippen LogP contribution in [0.25, 0.3) is 11.1 Å².